The molecule has 5 heteroatoms. The molecule has 0 bridgehead atoms. The fourth-order valence-electron chi connectivity index (χ4n) is 4.48. The van der Waals surface area contributed by atoms with E-state index in [0.717, 1.165) is 42.1 Å². The van der Waals surface area contributed by atoms with Crippen LogP contribution in [0.1, 0.15) is 28.2 Å². The van der Waals surface area contributed by atoms with E-state index >= 15 is 0 Å². The standard InChI is InChI=1S/C26H25NO4/c28-26(29)23-16-27(15-20-5-1-2-6-22(20)23)14-19-11-9-18(10-12-19)13-21-17-30-24-7-3-4-8-25(24)31-21/h1-12,21,23H,13-17H2,(H,28,29). The fraction of sp³-hybridized carbons (Fsp3) is 0.269. The SMILES string of the molecule is O=C(O)C1CN(Cc2ccc(CC3COc4ccccc4O3)cc2)Cc2ccccc21. The maximum atomic E-state index is 11.8. The molecular weight excluding hydrogens is 390 g/mol. The molecule has 2 unspecified atom stereocenters. The number of benzene rings is 3. The Labute approximate surface area is 181 Å². The van der Waals surface area contributed by atoms with Crippen molar-refractivity contribution in [2.24, 2.45) is 0 Å². The Hall–Kier alpha value is -3.31. The number of carbonyl (C=O) groups is 1. The average molecular weight is 415 g/mol. The zero-order valence-electron chi connectivity index (χ0n) is 17.2. The molecule has 0 fully saturated rings. The summed E-state index contributed by atoms with van der Waals surface area (Å²) in [4.78, 5) is 14.0. The van der Waals surface area contributed by atoms with E-state index in [1.54, 1.807) is 0 Å². The summed E-state index contributed by atoms with van der Waals surface area (Å²) >= 11 is 0. The molecule has 1 N–H and O–H groups in total. The highest BCUT2D eigenvalue weighted by molar-refractivity contribution is 5.77. The molecule has 2 aliphatic rings. The number of carboxylic acids is 1. The van der Waals surface area contributed by atoms with Crippen molar-refractivity contribution in [3.8, 4) is 11.5 Å². The van der Waals surface area contributed by atoms with E-state index in [1.165, 1.54) is 11.1 Å². The van der Waals surface area contributed by atoms with Gasteiger partial charge in [0.05, 0.1) is 5.92 Å². The van der Waals surface area contributed by atoms with Gasteiger partial charge in [-0.2, -0.15) is 0 Å². The molecule has 0 radical (unpaired) electrons. The second kappa shape index (κ2) is 8.44. The number of hydrogen-bond donors (Lipinski definition) is 1. The van der Waals surface area contributed by atoms with Gasteiger partial charge in [0.25, 0.3) is 0 Å². The molecule has 0 saturated carbocycles. The lowest BCUT2D eigenvalue weighted by molar-refractivity contribution is -0.139. The van der Waals surface area contributed by atoms with Crippen LogP contribution < -0.4 is 9.47 Å². The average Bonchev–Trinajstić information content (AvgIpc) is 2.80. The van der Waals surface area contributed by atoms with E-state index in [1.807, 2.05) is 48.5 Å². The Kier molecular flexibility index (Phi) is 5.35. The van der Waals surface area contributed by atoms with Crippen molar-refractivity contribution in [2.75, 3.05) is 13.2 Å². The molecule has 2 aliphatic heterocycles. The number of hydrogen-bond acceptors (Lipinski definition) is 4. The summed E-state index contributed by atoms with van der Waals surface area (Å²) in [6, 6.07) is 24.1. The molecule has 5 nitrogen and oxygen atoms in total. The third kappa shape index (κ3) is 4.28. The normalized spacial score (nSPS) is 20.1. The van der Waals surface area contributed by atoms with Gasteiger partial charge in [0, 0.05) is 26.1 Å². The van der Waals surface area contributed by atoms with Crippen LogP contribution in [0.15, 0.2) is 72.8 Å². The second-order valence-electron chi connectivity index (χ2n) is 8.28. The van der Waals surface area contributed by atoms with Crippen LogP contribution in [0, 0.1) is 0 Å². The lowest BCUT2D eigenvalue weighted by atomic mass is 9.89. The van der Waals surface area contributed by atoms with Gasteiger partial charge in [-0.3, -0.25) is 9.69 Å². The van der Waals surface area contributed by atoms with Crippen LogP contribution in [0.25, 0.3) is 0 Å². The highest BCUT2D eigenvalue weighted by Gasteiger charge is 2.30. The minimum absolute atomic E-state index is 0.00401. The quantitative estimate of drug-likeness (QED) is 0.675. The van der Waals surface area contributed by atoms with Crippen LogP contribution in [-0.2, 0) is 24.3 Å². The van der Waals surface area contributed by atoms with Crippen molar-refractivity contribution in [3.05, 3.63) is 95.1 Å². The molecule has 31 heavy (non-hydrogen) atoms. The van der Waals surface area contributed by atoms with E-state index in [0.29, 0.717) is 13.2 Å². The number of fused-ring (bicyclic) bond motifs is 2. The highest BCUT2D eigenvalue weighted by Crippen LogP contribution is 2.32. The van der Waals surface area contributed by atoms with Gasteiger partial charge in [0.1, 0.15) is 12.7 Å². The summed E-state index contributed by atoms with van der Waals surface area (Å²) in [5.41, 5.74) is 4.42. The summed E-state index contributed by atoms with van der Waals surface area (Å²) in [6.45, 7) is 2.58. The maximum absolute atomic E-state index is 11.8. The van der Waals surface area contributed by atoms with Crippen molar-refractivity contribution < 1.29 is 19.4 Å². The van der Waals surface area contributed by atoms with E-state index in [4.69, 9.17) is 9.47 Å². The Balaban J connectivity index is 1.23. The van der Waals surface area contributed by atoms with Crippen molar-refractivity contribution in [3.63, 3.8) is 0 Å². The topological polar surface area (TPSA) is 59.0 Å². The molecular formula is C26H25NO4. The van der Waals surface area contributed by atoms with Crippen LogP contribution >= 0.6 is 0 Å². The first-order valence-corrected chi connectivity index (χ1v) is 10.6. The van der Waals surface area contributed by atoms with Gasteiger partial charge in [-0.15, -0.1) is 0 Å². The molecule has 0 saturated heterocycles. The Morgan fingerprint density at radius 3 is 2.45 bits per heavy atom. The van der Waals surface area contributed by atoms with Crippen LogP contribution in [-0.4, -0.2) is 35.2 Å². The summed E-state index contributed by atoms with van der Waals surface area (Å²) in [6.07, 6.45) is 0.781. The van der Waals surface area contributed by atoms with Crippen molar-refractivity contribution in [1.29, 1.82) is 0 Å². The van der Waals surface area contributed by atoms with Gasteiger partial charge >= 0.3 is 5.97 Å². The number of carboxylic acid groups (broad SMARTS) is 1. The zero-order chi connectivity index (χ0) is 21.2. The first-order chi connectivity index (χ1) is 15.2. The van der Waals surface area contributed by atoms with Gasteiger partial charge in [0.15, 0.2) is 11.5 Å². The van der Waals surface area contributed by atoms with Crippen LogP contribution in [0.4, 0.5) is 0 Å². The molecule has 2 heterocycles. The van der Waals surface area contributed by atoms with Crippen LogP contribution in [0.3, 0.4) is 0 Å². The van der Waals surface area contributed by atoms with Gasteiger partial charge in [-0.1, -0.05) is 60.7 Å². The number of ether oxygens (including phenoxy) is 2. The highest BCUT2D eigenvalue weighted by atomic mass is 16.6. The number of para-hydroxylation sites is 2. The minimum atomic E-state index is -0.760. The third-order valence-electron chi connectivity index (χ3n) is 6.02. The van der Waals surface area contributed by atoms with E-state index in [2.05, 4.69) is 29.2 Å². The molecule has 158 valence electrons. The van der Waals surface area contributed by atoms with Gasteiger partial charge < -0.3 is 14.6 Å². The Morgan fingerprint density at radius 2 is 1.65 bits per heavy atom. The summed E-state index contributed by atoms with van der Waals surface area (Å²) in [5.74, 6) is 0.366. The van der Waals surface area contributed by atoms with E-state index in [9.17, 15) is 9.90 Å². The monoisotopic (exact) mass is 415 g/mol. The third-order valence-corrected chi connectivity index (χ3v) is 6.02. The first-order valence-electron chi connectivity index (χ1n) is 10.6. The largest absolute Gasteiger partial charge is 0.486 e. The molecule has 0 spiro atoms. The molecule has 0 amide bonds. The number of rotatable bonds is 5. The van der Waals surface area contributed by atoms with Crippen molar-refractivity contribution in [2.45, 2.75) is 31.5 Å². The zero-order valence-corrected chi connectivity index (χ0v) is 17.2. The molecule has 0 aliphatic carbocycles. The summed E-state index contributed by atoms with van der Waals surface area (Å²) < 4.78 is 11.9. The molecule has 0 aromatic heterocycles. The summed E-state index contributed by atoms with van der Waals surface area (Å²) in [7, 11) is 0. The second-order valence-corrected chi connectivity index (χ2v) is 8.28. The number of aliphatic carboxylic acids is 1. The van der Waals surface area contributed by atoms with Gasteiger partial charge in [-0.05, 0) is 34.4 Å². The smallest absolute Gasteiger partial charge is 0.312 e. The number of nitrogens with zero attached hydrogens (tertiary/aromatic N) is 1. The van der Waals surface area contributed by atoms with Gasteiger partial charge in [-0.25, -0.2) is 0 Å². The Morgan fingerprint density at radius 1 is 0.935 bits per heavy atom. The fourth-order valence-corrected chi connectivity index (χ4v) is 4.48. The molecule has 2 atom stereocenters. The Bertz CT molecular complexity index is 1080. The van der Waals surface area contributed by atoms with E-state index in [-0.39, 0.29) is 6.10 Å². The molecule has 5 rings (SSSR count). The van der Waals surface area contributed by atoms with Crippen molar-refractivity contribution in [1.82, 2.24) is 4.90 Å². The minimum Gasteiger partial charge on any atom is -0.486 e. The molecule has 3 aromatic carbocycles. The van der Waals surface area contributed by atoms with Gasteiger partial charge in [0.2, 0.25) is 0 Å². The van der Waals surface area contributed by atoms with Crippen LogP contribution in [0.5, 0.6) is 11.5 Å². The predicted octanol–water partition coefficient (Wildman–Crippen LogP) is 4.25. The summed E-state index contributed by atoms with van der Waals surface area (Å²) in [5, 5.41) is 9.67. The predicted molar refractivity (Wildman–Crippen MR) is 117 cm³/mol. The lowest BCUT2D eigenvalue weighted by Crippen LogP contribution is -2.36. The first kappa shape index (κ1) is 19.6. The molecule has 3 aromatic rings. The van der Waals surface area contributed by atoms with E-state index < -0.39 is 11.9 Å². The van der Waals surface area contributed by atoms with Crippen molar-refractivity contribution >= 4 is 5.97 Å². The maximum Gasteiger partial charge on any atom is 0.312 e. The van der Waals surface area contributed by atoms with Crippen LogP contribution in [0.2, 0.25) is 0 Å². The lowest BCUT2D eigenvalue weighted by Gasteiger charge is -2.32.